The van der Waals surface area contributed by atoms with Crippen LogP contribution in [0.15, 0.2) is 35.0 Å². The molecule has 1 aromatic heterocycles. The highest BCUT2D eigenvalue weighted by Gasteiger charge is 2.18. The fourth-order valence-corrected chi connectivity index (χ4v) is 2.66. The van der Waals surface area contributed by atoms with Gasteiger partial charge in [-0.2, -0.15) is 15.7 Å². The van der Waals surface area contributed by atoms with Crippen LogP contribution in [0.5, 0.6) is 0 Å². The molecule has 8 nitrogen and oxygen atoms in total. The number of aliphatic hydroxyl groups excluding tert-OH is 1. The van der Waals surface area contributed by atoms with Crippen LogP contribution in [-0.4, -0.2) is 28.4 Å². The van der Waals surface area contributed by atoms with Crippen molar-refractivity contribution in [3.63, 3.8) is 0 Å². The van der Waals surface area contributed by atoms with Gasteiger partial charge in [-0.25, -0.2) is 0 Å². The molecular weight excluding hydrogens is 353 g/mol. The molecule has 2 rings (SSSR count). The van der Waals surface area contributed by atoms with E-state index in [2.05, 4.69) is 10.6 Å². The first-order valence-electron chi connectivity index (χ1n) is 7.11. The maximum atomic E-state index is 13.2. The van der Waals surface area contributed by atoms with Gasteiger partial charge in [0.15, 0.2) is 0 Å². The zero-order valence-electron chi connectivity index (χ0n) is 12.8. The highest BCUT2D eigenvalue weighted by atomic mass is 32.1. The number of hydrogen-bond donors (Lipinski definition) is 3. The average molecular weight is 367 g/mol. The van der Waals surface area contributed by atoms with Crippen molar-refractivity contribution in [2.45, 2.75) is 12.5 Å². The van der Waals surface area contributed by atoms with E-state index in [0.29, 0.717) is 0 Å². The van der Waals surface area contributed by atoms with E-state index in [1.165, 1.54) is 11.3 Å². The number of nitro benzene ring substituents is 1. The minimum absolute atomic E-state index is 0.0623. The van der Waals surface area contributed by atoms with Crippen molar-refractivity contribution < 1.29 is 24.0 Å². The Morgan fingerprint density at radius 2 is 2.08 bits per heavy atom. The molecule has 0 bridgehead atoms. The molecule has 3 N–H and O–H groups in total. The number of halogens is 1. The summed E-state index contributed by atoms with van der Waals surface area (Å²) in [7, 11) is 0. The van der Waals surface area contributed by atoms with Crippen molar-refractivity contribution in [1.29, 1.82) is 0 Å². The van der Waals surface area contributed by atoms with Crippen LogP contribution in [0.25, 0.3) is 0 Å². The van der Waals surface area contributed by atoms with Gasteiger partial charge in [0.25, 0.3) is 0 Å². The number of carbonyl (C=O) groups is 2. The Labute approximate surface area is 145 Å². The summed E-state index contributed by atoms with van der Waals surface area (Å²) < 4.78 is 13.2. The highest BCUT2D eigenvalue weighted by Crippen LogP contribution is 2.21. The summed E-state index contributed by atoms with van der Waals surface area (Å²) in [5.74, 6) is -3.06. The first-order valence-corrected chi connectivity index (χ1v) is 8.06. The molecule has 2 amide bonds. The van der Waals surface area contributed by atoms with Gasteiger partial charge in [0.2, 0.25) is 5.82 Å². The largest absolute Gasteiger partial charge is 0.388 e. The quantitative estimate of drug-likeness (QED) is 0.409. The van der Waals surface area contributed by atoms with Crippen LogP contribution < -0.4 is 10.6 Å². The molecule has 1 heterocycles. The number of rotatable bonds is 6. The van der Waals surface area contributed by atoms with Crippen LogP contribution in [0, 0.1) is 15.9 Å². The molecule has 1 unspecified atom stereocenters. The number of amides is 2. The third-order valence-electron chi connectivity index (χ3n) is 3.24. The Bertz CT molecular complexity index is 781. The van der Waals surface area contributed by atoms with Gasteiger partial charge >= 0.3 is 17.5 Å². The normalized spacial score (nSPS) is 11.6. The second kappa shape index (κ2) is 8.31. The van der Waals surface area contributed by atoms with E-state index in [4.69, 9.17) is 0 Å². The summed E-state index contributed by atoms with van der Waals surface area (Å²) in [6.07, 6.45) is -0.535. The lowest BCUT2D eigenvalue weighted by Gasteiger charge is -2.10. The summed E-state index contributed by atoms with van der Waals surface area (Å²) in [5.41, 5.74) is -0.161. The molecule has 0 spiro atoms. The zero-order valence-corrected chi connectivity index (χ0v) is 13.6. The summed E-state index contributed by atoms with van der Waals surface area (Å²) in [4.78, 5) is 33.1. The van der Waals surface area contributed by atoms with E-state index < -0.39 is 34.3 Å². The van der Waals surface area contributed by atoms with Crippen LogP contribution in [0.1, 0.15) is 18.1 Å². The molecule has 0 radical (unpaired) electrons. The molecule has 0 aliphatic carbocycles. The third-order valence-corrected chi connectivity index (χ3v) is 3.94. The first-order chi connectivity index (χ1) is 11.9. The molecule has 25 heavy (non-hydrogen) atoms. The van der Waals surface area contributed by atoms with E-state index in [1.807, 2.05) is 5.38 Å². The second-order valence-electron chi connectivity index (χ2n) is 4.99. The van der Waals surface area contributed by atoms with Crippen LogP contribution >= 0.6 is 11.3 Å². The number of anilines is 1. The Morgan fingerprint density at radius 1 is 1.32 bits per heavy atom. The topological polar surface area (TPSA) is 122 Å². The van der Waals surface area contributed by atoms with Gasteiger partial charge in [-0.1, -0.05) is 0 Å². The van der Waals surface area contributed by atoms with Crippen LogP contribution in [-0.2, 0) is 9.59 Å². The number of thiophene rings is 1. The summed E-state index contributed by atoms with van der Waals surface area (Å²) in [6, 6.07) is 4.50. The SMILES string of the molecule is O=C(NCCC(O)c1ccsc1)C(=O)Nc1ccc(F)c([N+](=O)[O-])c1. The monoisotopic (exact) mass is 367 g/mol. The Balaban J connectivity index is 1.85. The molecule has 132 valence electrons. The van der Waals surface area contributed by atoms with E-state index in [9.17, 15) is 29.2 Å². The van der Waals surface area contributed by atoms with Gasteiger partial charge in [-0.15, -0.1) is 0 Å². The van der Waals surface area contributed by atoms with Gasteiger partial charge in [0.05, 0.1) is 11.0 Å². The number of hydrogen-bond acceptors (Lipinski definition) is 6. The number of benzene rings is 1. The lowest BCUT2D eigenvalue weighted by molar-refractivity contribution is -0.387. The summed E-state index contributed by atoms with van der Waals surface area (Å²) in [6.45, 7) is 0.0623. The second-order valence-corrected chi connectivity index (χ2v) is 5.77. The molecule has 1 aromatic carbocycles. The molecule has 0 fully saturated rings. The van der Waals surface area contributed by atoms with Gasteiger partial charge in [-0.05, 0) is 40.9 Å². The van der Waals surface area contributed by atoms with Gasteiger partial charge in [0, 0.05) is 18.3 Å². The van der Waals surface area contributed by atoms with Crippen LogP contribution in [0.2, 0.25) is 0 Å². The Morgan fingerprint density at radius 3 is 2.72 bits per heavy atom. The number of nitrogens with one attached hydrogen (secondary N) is 2. The smallest absolute Gasteiger partial charge is 0.313 e. The summed E-state index contributed by atoms with van der Waals surface area (Å²) >= 11 is 1.43. The fourth-order valence-electron chi connectivity index (χ4n) is 1.95. The van der Waals surface area contributed by atoms with Gasteiger partial charge < -0.3 is 15.7 Å². The maximum Gasteiger partial charge on any atom is 0.313 e. The van der Waals surface area contributed by atoms with Crippen LogP contribution in [0.4, 0.5) is 15.8 Å². The molecule has 10 heteroatoms. The minimum Gasteiger partial charge on any atom is -0.388 e. The highest BCUT2D eigenvalue weighted by molar-refractivity contribution is 7.07. The first kappa shape index (κ1) is 18.5. The van der Waals surface area contributed by atoms with Gasteiger partial charge in [0.1, 0.15) is 0 Å². The Kier molecular flexibility index (Phi) is 6.14. The number of carbonyl (C=O) groups excluding carboxylic acids is 2. The number of aliphatic hydroxyl groups is 1. The molecule has 1 atom stereocenters. The predicted octanol–water partition coefficient (Wildman–Crippen LogP) is 1.97. The predicted molar refractivity (Wildman–Crippen MR) is 88.6 cm³/mol. The van der Waals surface area contributed by atoms with Crippen molar-refractivity contribution in [3.05, 3.63) is 56.5 Å². The van der Waals surface area contributed by atoms with Gasteiger partial charge in [-0.3, -0.25) is 19.7 Å². The summed E-state index contributed by atoms with van der Waals surface area (Å²) in [5, 5.41) is 28.6. The van der Waals surface area contributed by atoms with E-state index in [0.717, 1.165) is 23.8 Å². The molecule has 0 aliphatic rings. The molecule has 0 saturated heterocycles. The molecule has 0 saturated carbocycles. The van der Waals surface area contributed by atoms with Crippen LogP contribution in [0.3, 0.4) is 0 Å². The molecule has 0 aliphatic heterocycles. The molecule has 2 aromatic rings. The number of nitro groups is 1. The van der Waals surface area contributed by atoms with E-state index >= 15 is 0 Å². The third kappa shape index (κ3) is 5.06. The zero-order chi connectivity index (χ0) is 18.4. The van der Waals surface area contributed by atoms with E-state index in [1.54, 1.807) is 11.4 Å². The van der Waals surface area contributed by atoms with Crippen molar-refractivity contribution >= 4 is 34.5 Å². The average Bonchev–Trinajstić information content (AvgIpc) is 3.10. The number of nitrogens with zero attached hydrogens (tertiary/aromatic N) is 1. The van der Waals surface area contributed by atoms with E-state index in [-0.39, 0.29) is 18.7 Å². The van der Waals surface area contributed by atoms with Crippen molar-refractivity contribution in [1.82, 2.24) is 5.32 Å². The van der Waals surface area contributed by atoms with Crippen molar-refractivity contribution in [2.75, 3.05) is 11.9 Å². The standard InChI is InChI=1S/C15H14FN3O5S/c16-11-2-1-10(7-12(11)19(23)24)18-15(22)14(21)17-5-3-13(20)9-4-6-25-8-9/h1-2,4,6-8,13,20H,3,5H2,(H,17,21)(H,18,22). The fraction of sp³-hybridized carbons (Fsp3) is 0.200. The lowest BCUT2D eigenvalue weighted by Crippen LogP contribution is -2.36. The Hall–Kier alpha value is -2.85. The van der Waals surface area contributed by atoms with Crippen molar-refractivity contribution in [3.8, 4) is 0 Å². The lowest BCUT2D eigenvalue weighted by atomic mass is 10.1. The maximum absolute atomic E-state index is 13.2. The van der Waals surface area contributed by atoms with Crippen molar-refractivity contribution in [2.24, 2.45) is 0 Å². The minimum atomic E-state index is -1.05. The molecular formula is C15H14FN3O5S.